The highest BCUT2D eigenvalue weighted by Gasteiger charge is 2.36. The minimum Gasteiger partial charge on any atom is -0.465 e. The molecule has 0 aromatic rings. The lowest BCUT2D eigenvalue weighted by molar-refractivity contribution is -0.140. The van der Waals surface area contributed by atoms with E-state index >= 15 is 0 Å². The topological polar surface area (TPSA) is 89.7 Å². The molecule has 106 valence electrons. The van der Waals surface area contributed by atoms with Gasteiger partial charge in [0.25, 0.3) is 0 Å². The number of sulfonamides is 1. The lowest BCUT2D eigenvalue weighted by Crippen LogP contribution is -2.52. The van der Waals surface area contributed by atoms with Crippen molar-refractivity contribution in [3.05, 3.63) is 0 Å². The SMILES string of the molecule is CCOC(=O)CS(=O)(=O)N1CCCC(C)C1CN. The zero-order valence-corrected chi connectivity index (χ0v) is 11.8. The van der Waals surface area contributed by atoms with Crippen molar-refractivity contribution < 1.29 is 17.9 Å². The first-order valence-corrected chi connectivity index (χ1v) is 7.88. The van der Waals surface area contributed by atoms with E-state index in [4.69, 9.17) is 5.73 Å². The molecule has 7 heteroatoms. The number of carbonyl (C=O) groups is 1. The summed E-state index contributed by atoms with van der Waals surface area (Å²) in [4.78, 5) is 11.3. The molecule has 1 fully saturated rings. The molecule has 0 amide bonds. The van der Waals surface area contributed by atoms with Gasteiger partial charge in [-0.05, 0) is 25.7 Å². The van der Waals surface area contributed by atoms with Crippen molar-refractivity contribution in [1.29, 1.82) is 0 Å². The molecule has 0 bridgehead atoms. The fourth-order valence-electron chi connectivity index (χ4n) is 2.34. The normalized spacial score (nSPS) is 25.9. The largest absolute Gasteiger partial charge is 0.465 e. The molecule has 2 unspecified atom stereocenters. The highest BCUT2D eigenvalue weighted by molar-refractivity contribution is 7.89. The molecule has 1 saturated heterocycles. The van der Waals surface area contributed by atoms with Gasteiger partial charge in [-0.15, -0.1) is 0 Å². The van der Waals surface area contributed by atoms with Crippen LogP contribution in [0.4, 0.5) is 0 Å². The highest BCUT2D eigenvalue weighted by atomic mass is 32.2. The number of nitrogens with zero attached hydrogens (tertiary/aromatic N) is 1. The number of rotatable bonds is 5. The number of hydrogen-bond donors (Lipinski definition) is 1. The molecule has 1 rings (SSSR count). The van der Waals surface area contributed by atoms with Gasteiger partial charge in [-0.3, -0.25) is 4.79 Å². The standard InChI is InChI=1S/C11H22N2O4S/c1-3-17-11(14)8-18(15,16)13-6-4-5-9(2)10(13)7-12/h9-10H,3-8,12H2,1-2H3. The third-order valence-corrected chi connectivity index (χ3v) is 5.04. The Kier molecular flexibility index (Phi) is 5.55. The van der Waals surface area contributed by atoms with E-state index < -0.39 is 21.7 Å². The number of esters is 1. The second-order valence-electron chi connectivity index (χ2n) is 4.59. The van der Waals surface area contributed by atoms with Crippen LogP contribution in [-0.2, 0) is 19.6 Å². The van der Waals surface area contributed by atoms with E-state index in [0.717, 1.165) is 12.8 Å². The van der Waals surface area contributed by atoms with E-state index in [0.29, 0.717) is 6.54 Å². The second-order valence-corrected chi connectivity index (χ2v) is 6.52. The third kappa shape index (κ3) is 3.66. The molecule has 0 spiro atoms. The van der Waals surface area contributed by atoms with Crippen LogP contribution in [0.2, 0.25) is 0 Å². The Morgan fingerprint density at radius 2 is 2.17 bits per heavy atom. The summed E-state index contributed by atoms with van der Waals surface area (Å²) in [5.74, 6) is -1.07. The van der Waals surface area contributed by atoms with Crippen LogP contribution in [0.25, 0.3) is 0 Å². The van der Waals surface area contributed by atoms with Gasteiger partial charge in [0.05, 0.1) is 6.61 Å². The van der Waals surface area contributed by atoms with E-state index in [9.17, 15) is 13.2 Å². The molecule has 2 atom stereocenters. The first-order chi connectivity index (χ1) is 8.42. The summed E-state index contributed by atoms with van der Waals surface area (Å²) >= 11 is 0. The molecule has 0 aliphatic carbocycles. The van der Waals surface area contributed by atoms with Crippen molar-refractivity contribution in [2.24, 2.45) is 11.7 Å². The molecule has 1 aliphatic rings. The quantitative estimate of drug-likeness (QED) is 0.711. The van der Waals surface area contributed by atoms with Gasteiger partial charge < -0.3 is 10.5 Å². The van der Waals surface area contributed by atoms with Crippen molar-refractivity contribution in [2.45, 2.75) is 32.7 Å². The maximum Gasteiger partial charge on any atom is 0.322 e. The van der Waals surface area contributed by atoms with Crippen LogP contribution >= 0.6 is 0 Å². The smallest absolute Gasteiger partial charge is 0.322 e. The Morgan fingerprint density at radius 1 is 1.50 bits per heavy atom. The van der Waals surface area contributed by atoms with Crippen molar-refractivity contribution >= 4 is 16.0 Å². The minimum atomic E-state index is -3.62. The van der Waals surface area contributed by atoms with Crippen LogP contribution in [0.1, 0.15) is 26.7 Å². The zero-order chi connectivity index (χ0) is 13.8. The third-order valence-electron chi connectivity index (χ3n) is 3.27. The van der Waals surface area contributed by atoms with Gasteiger partial charge in [0.2, 0.25) is 10.0 Å². The van der Waals surface area contributed by atoms with Gasteiger partial charge in [-0.1, -0.05) is 6.92 Å². The minimum absolute atomic E-state index is 0.186. The maximum atomic E-state index is 12.2. The Labute approximate surface area is 109 Å². The lowest BCUT2D eigenvalue weighted by Gasteiger charge is -2.38. The fraction of sp³-hybridized carbons (Fsp3) is 0.909. The van der Waals surface area contributed by atoms with Crippen molar-refractivity contribution in [3.63, 3.8) is 0 Å². The van der Waals surface area contributed by atoms with Crippen LogP contribution in [0.5, 0.6) is 0 Å². The average molecular weight is 278 g/mol. The van der Waals surface area contributed by atoms with Gasteiger partial charge >= 0.3 is 5.97 Å². The van der Waals surface area contributed by atoms with E-state index in [1.54, 1.807) is 6.92 Å². The number of piperidine rings is 1. The fourth-order valence-corrected chi connectivity index (χ4v) is 4.00. The van der Waals surface area contributed by atoms with Crippen molar-refractivity contribution in [1.82, 2.24) is 4.31 Å². The maximum absolute atomic E-state index is 12.2. The lowest BCUT2D eigenvalue weighted by atomic mass is 9.93. The molecular formula is C11H22N2O4S. The van der Waals surface area contributed by atoms with E-state index in [1.807, 2.05) is 6.92 Å². The summed E-state index contributed by atoms with van der Waals surface area (Å²) in [6.07, 6.45) is 1.77. The average Bonchev–Trinajstić information content (AvgIpc) is 2.28. The molecule has 0 aromatic carbocycles. The molecule has 0 aromatic heterocycles. The summed E-state index contributed by atoms with van der Waals surface area (Å²) in [6.45, 7) is 4.54. The summed E-state index contributed by atoms with van der Waals surface area (Å²) in [6, 6.07) is -0.210. The number of nitrogens with two attached hydrogens (primary N) is 1. The molecule has 2 N–H and O–H groups in total. The predicted molar refractivity (Wildman–Crippen MR) is 68.4 cm³/mol. The molecule has 18 heavy (non-hydrogen) atoms. The zero-order valence-electron chi connectivity index (χ0n) is 11.0. The first kappa shape index (κ1) is 15.4. The summed E-state index contributed by atoms with van der Waals surface area (Å²) < 4.78 is 30.4. The van der Waals surface area contributed by atoms with Gasteiger partial charge in [0.1, 0.15) is 0 Å². The Morgan fingerprint density at radius 3 is 2.72 bits per heavy atom. The van der Waals surface area contributed by atoms with Gasteiger partial charge in [0.15, 0.2) is 5.75 Å². The molecule has 0 saturated carbocycles. The Balaban J connectivity index is 2.79. The van der Waals surface area contributed by atoms with Crippen LogP contribution in [-0.4, -0.2) is 50.2 Å². The van der Waals surface area contributed by atoms with Crippen LogP contribution in [0.15, 0.2) is 0 Å². The predicted octanol–water partition coefficient (Wildman–Crippen LogP) is -0.0615. The van der Waals surface area contributed by atoms with Crippen molar-refractivity contribution in [3.8, 4) is 0 Å². The monoisotopic (exact) mass is 278 g/mol. The van der Waals surface area contributed by atoms with Gasteiger partial charge in [-0.25, -0.2) is 8.42 Å². The number of carbonyl (C=O) groups excluding carboxylic acids is 1. The highest BCUT2D eigenvalue weighted by Crippen LogP contribution is 2.25. The van der Waals surface area contributed by atoms with E-state index in [1.165, 1.54) is 4.31 Å². The Bertz CT molecular complexity index is 383. The molecule has 6 nitrogen and oxygen atoms in total. The van der Waals surface area contributed by atoms with Crippen LogP contribution in [0.3, 0.4) is 0 Å². The summed E-state index contributed by atoms with van der Waals surface area (Å²) in [5, 5.41) is 0. The number of ether oxygens (including phenoxy) is 1. The summed E-state index contributed by atoms with van der Waals surface area (Å²) in [5.41, 5.74) is 5.65. The first-order valence-electron chi connectivity index (χ1n) is 6.27. The van der Waals surface area contributed by atoms with E-state index in [-0.39, 0.29) is 25.1 Å². The van der Waals surface area contributed by atoms with Gasteiger partial charge in [0, 0.05) is 19.1 Å². The second kappa shape index (κ2) is 6.49. The molecule has 1 heterocycles. The van der Waals surface area contributed by atoms with Crippen LogP contribution < -0.4 is 5.73 Å². The van der Waals surface area contributed by atoms with Crippen LogP contribution in [0, 0.1) is 5.92 Å². The molecular weight excluding hydrogens is 256 g/mol. The molecule has 0 radical (unpaired) electrons. The van der Waals surface area contributed by atoms with E-state index in [2.05, 4.69) is 4.74 Å². The Hall–Kier alpha value is -0.660. The van der Waals surface area contributed by atoms with Gasteiger partial charge in [-0.2, -0.15) is 4.31 Å². The molecule has 1 aliphatic heterocycles. The van der Waals surface area contributed by atoms with Crippen molar-refractivity contribution in [2.75, 3.05) is 25.4 Å². The summed E-state index contributed by atoms with van der Waals surface area (Å²) in [7, 11) is -3.62. The number of hydrogen-bond acceptors (Lipinski definition) is 5.